The number of nitrogens with zero attached hydrogens (tertiary/aromatic N) is 2. The molecule has 1 aromatic heterocycles. The summed E-state index contributed by atoms with van der Waals surface area (Å²) < 4.78 is 0. The van der Waals surface area contributed by atoms with Gasteiger partial charge in [0.15, 0.2) is 0 Å². The minimum atomic E-state index is 0.407. The number of fused-ring (bicyclic) bond motifs is 1. The Kier molecular flexibility index (Phi) is 3.97. The van der Waals surface area contributed by atoms with Crippen LogP contribution in [0, 0.1) is 0 Å². The van der Waals surface area contributed by atoms with Crippen molar-refractivity contribution in [2.45, 2.75) is 58.8 Å². The van der Waals surface area contributed by atoms with Gasteiger partial charge in [-0.3, -0.25) is 0 Å². The molecular formula is C14H23N3. The van der Waals surface area contributed by atoms with Crippen molar-refractivity contribution in [2.24, 2.45) is 0 Å². The summed E-state index contributed by atoms with van der Waals surface area (Å²) in [6.45, 7) is 7.51. The van der Waals surface area contributed by atoms with Crippen molar-refractivity contribution >= 4 is 5.82 Å². The lowest BCUT2D eigenvalue weighted by Gasteiger charge is -2.20. The number of rotatable bonds is 4. The molecule has 0 radical (unpaired) electrons. The van der Waals surface area contributed by atoms with E-state index in [9.17, 15) is 0 Å². The molecule has 1 aromatic rings. The number of anilines is 1. The second kappa shape index (κ2) is 5.48. The van der Waals surface area contributed by atoms with Crippen LogP contribution in [0.4, 0.5) is 5.82 Å². The third kappa shape index (κ3) is 2.76. The van der Waals surface area contributed by atoms with Gasteiger partial charge in [-0.15, -0.1) is 0 Å². The van der Waals surface area contributed by atoms with E-state index in [1.807, 2.05) is 0 Å². The lowest BCUT2D eigenvalue weighted by molar-refractivity contribution is 0.645. The first-order valence-corrected chi connectivity index (χ1v) is 6.86. The van der Waals surface area contributed by atoms with Crippen LogP contribution in [0.1, 0.15) is 63.0 Å². The summed E-state index contributed by atoms with van der Waals surface area (Å²) >= 11 is 0. The van der Waals surface area contributed by atoms with E-state index in [4.69, 9.17) is 9.97 Å². The quantitative estimate of drug-likeness (QED) is 0.867. The second-order valence-electron chi connectivity index (χ2n) is 5.14. The van der Waals surface area contributed by atoms with Crippen LogP contribution in [-0.2, 0) is 12.8 Å². The molecule has 0 spiro atoms. The molecule has 0 bridgehead atoms. The average molecular weight is 233 g/mol. The largest absolute Gasteiger partial charge is 0.370 e. The van der Waals surface area contributed by atoms with E-state index in [2.05, 4.69) is 26.1 Å². The minimum absolute atomic E-state index is 0.407. The zero-order chi connectivity index (χ0) is 12.3. The molecule has 0 aliphatic heterocycles. The molecular weight excluding hydrogens is 210 g/mol. The van der Waals surface area contributed by atoms with E-state index < -0.39 is 0 Å². The van der Waals surface area contributed by atoms with Gasteiger partial charge in [0, 0.05) is 23.7 Å². The van der Waals surface area contributed by atoms with E-state index in [0.29, 0.717) is 5.92 Å². The molecule has 2 rings (SSSR count). The van der Waals surface area contributed by atoms with Crippen LogP contribution in [0.15, 0.2) is 0 Å². The Morgan fingerprint density at radius 1 is 1.18 bits per heavy atom. The highest BCUT2D eigenvalue weighted by Gasteiger charge is 2.18. The van der Waals surface area contributed by atoms with Gasteiger partial charge >= 0.3 is 0 Å². The van der Waals surface area contributed by atoms with Crippen LogP contribution in [-0.4, -0.2) is 16.5 Å². The van der Waals surface area contributed by atoms with Gasteiger partial charge < -0.3 is 5.32 Å². The van der Waals surface area contributed by atoms with E-state index in [-0.39, 0.29) is 0 Å². The van der Waals surface area contributed by atoms with Crippen molar-refractivity contribution in [3.63, 3.8) is 0 Å². The summed E-state index contributed by atoms with van der Waals surface area (Å²) in [6, 6.07) is 0. The zero-order valence-electron chi connectivity index (χ0n) is 11.2. The van der Waals surface area contributed by atoms with Crippen molar-refractivity contribution in [3.8, 4) is 0 Å². The van der Waals surface area contributed by atoms with E-state index in [1.54, 1.807) is 0 Å². The van der Waals surface area contributed by atoms with Gasteiger partial charge in [0.05, 0.1) is 0 Å². The molecule has 1 aliphatic rings. The SMILES string of the molecule is CCCNc1nc(C(C)C)nc2c1CCCC2. The molecule has 0 atom stereocenters. The molecule has 0 unspecified atom stereocenters. The lowest BCUT2D eigenvalue weighted by atomic mass is 9.96. The number of nitrogens with one attached hydrogen (secondary N) is 1. The summed E-state index contributed by atoms with van der Waals surface area (Å²) in [7, 11) is 0. The second-order valence-corrected chi connectivity index (χ2v) is 5.14. The molecule has 0 aromatic carbocycles. The Balaban J connectivity index is 2.35. The van der Waals surface area contributed by atoms with Gasteiger partial charge in [-0.25, -0.2) is 9.97 Å². The molecule has 17 heavy (non-hydrogen) atoms. The number of hydrogen-bond acceptors (Lipinski definition) is 3. The van der Waals surface area contributed by atoms with Crippen molar-refractivity contribution < 1.29 is 0 Å². The van der Waals surface area contributed by atoms with Gasteiger partial charge in [-0.05, 0) is 32.1 Å². The fraction of sp³-hybridized carbons (Fsp3) is 0.714. The molecule has 1 N–H and O–H groups in total. The van der Waals surface area contributed by atoms with Gasteiger partial charge in [0.25, 0.3) is 0 Å². The van der Waals surface area contributed by atoms with Crippen molar-refractivity contribution in [3.05, 3.63) is 17.1 Å². The Labute approximate surface area is 104 Å². The maximum atomic E-state index is 4.73. The molecule has 3 nitrogen and oxygen atoms in total. The van der Waals surface area contributed by atoms with Crippen LogP contribution in [0.3, 0.4) is 0 Å². The first-order chi connectivity index (χ1) is 8.22. The Morgan fingerprint density at radius 3 is 2.65 bits per heavy atom. The number of aryl methyl sites for hydroxylation is 1. The normalized spacial score (nSPS) is 14.8. The van der Waals surface area contributed by atoms with Gasteiger partial charge in [-0.2, -0.15) is 0 Å². The maximum Gasteiger partial charge on any atom is 0.133 e. The third-order valence-electron chi connectivity index (χ3n) is 3.26. The Hall–Kier alpha value is -1.12. The topological polar surface area (TPSA) is 37.8 Å². The van der Waals surface area contributed by atoms with E-state index in [0.717, 1.165) is 37.4 Å². The monoisotopic (exact) mass is 233 g/mol. The van der Waals surface area contributed by atoms with Crippen molar-refractivity contribution in [1.82, 2.24) is 9.97 Å². The van der Waals surface area contributed by atoms with Gasteiger partial charge in [-0.1, -0.05) is 20.8 Å². The lowest BCUT2D eigenvalue weighted by Crippen LogP contribution is -2.15. The third-order valence-corrected chi connectivity index (χ3v) is 3.26. The van der Waals surface area contributed by atoms with Crippen LogP contribution in [0.25, 0.3) is 0 Å². The molecule has 0 saturated heterocycles. The summed E-state index contributed by atoms with van der Waals surface area (Å²) in [5, 5.41) is 3.47. The summed E-state index contributed by atoms with van der Waals surface area (Å²) in [4.78, 5) is 9.43. The first kappa shape index (κ1) is 12.3. The molecule has 0 amide bonds. The minimum Gasteiger partial charge on any atom is -0.370 e. The Morgan fingerprint density at radius 2 is 1.94 bits per heavy atom. The molecule has 0 saturated carbocycles. The number of aromatic nitrogens is 2. The predicted molar refractivity (Wildman–Crippen MR) is 71.5 cm³/mol. The van der Waals surface area contributed by atoms with Crippen LogP contribution >= 0.6 is 0 Å². The van der Waals surface area contributed by atoms with Gasteiger partial charge in [0.1, 0.15) is 11.6 Å². The van der Waals surface area contributed by atoms with Crippen LogP contribution in [0.2, 0.25) is 0 Å². The fourth-order valence-electron chi connectivity index (χ4n) is 2.26. The predicted octanol–water partition coefficient (Wildman–Crippen LogP) is 3.30. The highest BCUT2D eigenvalue weighted by atomic mass is 15.0. The zero-order valence-corrected chi connectivity index (χ0v) is 11.2. The van der Waals surface area contributed by atoms with E-state index in [1.165, 1.54) is 24.1 Å². The Bertz CT molecular complexity index is 385. The fourth-order valence-corrected chi connectivity index (χ4v) is 2.26. The smallest absolute Gasteiger partial charge is 0.133 e. The maximum absolute atomic E-state index is 4.73. The van der Waals surface area contributed by atoms with Crippen LogP contribution in [0.5, 0.6) is 0 Å². The highest BCUT2D eigenvalue weighted by Crippen LogP contribution is 2.27. The molecule has 1 aliphatic carbocycles. The highest BCUT2D eigenvalue weighted by molar-refractivity contribution is 5.48. The van der Waals surface area contributed by atoms with Crippen LogP contribution < -0.4 is 5.32 Å². The first-order valence-electron chi connectivity index (χ1n) is 6.86. The summed E-state index contributed by atoms with van der Waals surface area (Å²) in [5.41, 5.74) is 2.66. The van der Waals surface area contributed by atoms with Crippen molar-refractivity contribution in [2.75, 3.05) is 11.9 Å². The molecule has 3 heteroatoms. The number of hydrogen-bond donors (Lipinski definition) is 1. The standard InChI is InChI=1S/C14H23N3/c1-4-9-15-14-11-7-5-6-8-12(11)16-13(17-14)10(2)3/h10H,4-9H2,1-3H3,(H,15,16,17). The van der Waals surface area contributed by atoms with E-state index >= 15 is 0 Å². The van der Waals surface area contributed by atoms with Gasteiger partial charge in [0.2, 0.25) is 0 Å². The average Bonchev–Trinajstić information content (AvgIpc) is 2.35. The van der Waals surface area contributed by atoms with Crippen molar-refractivity contribution in [1.29, 1.82) is 0 Å². The molecule has 1 heterocycles. The molecule has 0 fully saturated rings. The summed E-state index contributed by atoms with van der Waals surface area (Å²) in [6.07, 6.45) is 5.95. The summed E-state index contributed by atoms with van der Waals surface area (Å²) in [5.74, 6) is 2.49. The molecule has 94 valence electrons.